The molecule has 0 atom stereocenters. The Balaban J connectivity index is 1.78. The van der Waals surface area contributed by atoms with Gasteiger partial charge in [0.25, 0.3) is 0 Å². The van der Waals surface area contributed by atoms with Gasteiger partial charge in [-0.05, 0) is 44.4 Å². The molecule has 1 heterocycles. The van der Waals surface area contributed by atoms with Gasteiger partial charge in [0.05, 0.1) is 0 Å². The van der Waals surface area contributed by atoms with E-state index in [9.17, 15) is 0 Å². The molecule has 3 heteroatoms. The van der Waals surface area contributed by atoms with Crippen LogP contribution in [0.15, 0.2) is 65.4 Å². The third-order valence-corrected chi connectivity index (χ3v) is 3.35. The molecule has 2 aromatic carbocycles. The van der Waals surface area contributed by atoms with Crippen LogP contribution in [0.1, 0.15) is 5.56 Å². The molecule has 0 aliphatic heterocycles. The van der Waals surface area contributed by atoms with Crippen LogP contribution in [0.4, 0.5) is 0 Å². The molecule has 0 spiro atoms. The molecule has 1 aromatic heterocycles. The molecule has 0 saturated carbocycles. The van der Waals surface area contributed by atoms with Crippen molar-refractivity contribution < 1.29 is 4.74 Å². The number of halogens is 1. The smallest absolute Gasteiger partial charge is 0.124 e. The van der Waals surface area contributed by atoms with Crippen LogP contribution < -0.4 is 4.74 Å². The Morgan fingerprint density at radius 3 is 2.63 bits per heavy atom. The Morgan fingerprint density at radius 1 is 0.947 bits per heavy atom. The van der Waals surface area contributed by atoms with Gasteiger partial charge in [-0.15, -0.1) is 0 Å². The molecule has 3 rings (SSSR count). The minimum absolute atomic E-state index is 0.557. The van der Waals surface area contributed by atoms with E-state index >= 15 is 0 Å². The number of pyridine rings is 1. The Kier molecular flexibility index (Phi) is 3.47. The molecule has 0 amide bonds. The topological polar surface area (TPSA) is 22.1 Å². The quantitative estimate of drug-likeness (QED) is 0.660. The second-order valence-electron chi connectivity index (χ2n) is 4.28. The molecule has 0 fully saturated rings. The van der Waals surface area contributed by atoms with Crippen LogP contribution in [0.25, 0.3) is 10.8 Å². The lowest BCUT2D eigenvalue weighted by Gasteiger charge is -2.07. The van der Waals surface area contributed by atoms with Crippen LogP contribution in [-0.2, 0) is 6.61 Å². The van der Waals surface area contributed by atoms with E-state index in [4.69, 9.17) is 4.74 Å². The van der Waals surface area contributed by atoms with E-state index in [1.54, 1.807) is 6.20 Å². The second-order valence-corrected chi connectivity index (χ2v) is 5.10. The highest BCUT2D eigenvalue weighted by Crippen LogP contribution is 2.19. The van der Waals surface area contributed by atoms with E-state index in [0.29, 0.717) is 6.61 Å². The minimum atomic E-state index is 0.557. The third-order valence-electron chi connectivity index (χ3n) is 2.92. The van der Waals surface area contributed by atoms with E-state index < -0.39 is 0 Å². The summed E-state index contributed by atoms with van der Waals surface area (Å²) in [7, 11) is 0. The van der Waals surface area contributed by atoms with Crippen molar-refractivity contribution in [2.24, 2.45) is 0 Å². The average molecular weight is 314 g/mol. The summed E-state index contributed by atoms with van der Waals surface area (Å²) in [5.41, 5.74) is 1.16. The number of fused-ring (bicyclic) bond motifs is 1. The molecular formula is C16H12BrNO. The van der Waals surface area contributed by atoms with Gasteiger partial charge in [-0.3, -0.25) is 0 Å². The van der Waals surface area contributed by atoms with Gasteiger partial charge in [0.2, 0.25) is 0 Å². The summed E-state index contributed by atoms with van der Waals surface area (Å²) in [6, 6.07) is 18.4. The molecule has 0 N–H and O–H groups in total. The molecule has 94 valence electrons. The van der Waals surface area contributed by atoms with Gasteiger partial charge in [0.1, 0.15) is 17.0 Å². The van der Waals surface area contributed by atoms with Crippen molar-refractivity contribution in [2.45, 2.75) is 6.61 Å². The molecule has 3 aromatic rings. The summed E-state index contributed by atoms with van der Waals surface area (Å²) in [6.45, 7) is 0.557. The van der Waals surface area contributed by atoms with Crippen molar-refractivity contribution in [3.8, 4) is 5.75 Å². The predicted molar refractivity (Wildman–Crippen MR) is 80.2 cm³/mol. The zero-order chi connectivity index (χ0) is 13.1. The van der Waals surface area contributed by atoms with Gasteiger partial charge in [0.15, 0.2) is 0 Å². The summed E-state index contributed by atoms with van der Waals surface area (Å²) < 4.78 is 6.53. The van der Waals surface area contributed by atoms with Crippen molar-refractivity contribution in [1.29, 1.82) is 0 Å². The zero-order valence-corrected chi connectivity index (χ0v) is 11.8. The average Bonchev–Trinajstić information content (AvgIpc) is 2.45. The van der Waals surface area contributed by atoms with Gasteiger partial charge in [0, 0.05) is 12.3 Å². The van der Waals surface area contributed by atoms with E-state index in [1.807, 2.05) is 24.3 Å². The Labute approximate surface area is 120 Å². The molecule has 2 nitrogen and oxygen atoms in total. The highest BCUT2D eigenvalue weighted by Gasteiger charge is 1.99. The summed E-state index contributed by atoms with van der Waals surface area (Å²) in [6.07, 6.45) is 1.72. The summed E-state index contributed by atoms with van der Waals surface area (Å²) in [5.74, 6) is 0.815. The number of ether oxygens (including phenoxy) is 1. The maximum atomic E-state index is 5.75. The highest BCUT2D eigenvalue weighted by atomic mass is 79.9. The number of benzene rings is 2. The van der Waals surface area contributed by atoms with Crippen molar-refractivity contribution >= 4 is 26.7 Å². The van der Waals surface area contributed by atoms with E-state index in [1.165, 1.54) is 10.8 Å². The zero-order valence-electron chi connectivity index (χ0n) is 10.2. The van der Waals surface area contributed by atoms with Gasteiger partial charge >= 0.3 is 0 Å². The maximum Gasteiger partial charge on any atom is 0.124 e. The number of aromatic nitrogens is 1. The summed E-state index contributed by atoms with van der Waals surface area (Å²) in [5, 5.41) is 2.48. The fraction of sp³-hybridized carbons (Fsp3) is 0.0625. The number of hydrogen-bond donors (Lipinski definition) is 0. The van der Waals surface area contributed by atoms with Crippen molar-refractivity contribution in [3.63, 3.8) is 0 Å². The second kappa shape index (κ2) is 5.41. The largest absolute Gasteiger partial charge is 0.489 e. The van der Waals surface area contributed by atoms with Crippen LogP contribution >= 0.6 is 15.9 Å². The monoisotopic (exact) mass is 313 g/mol. The SMILES string of the molecule is Brc1cc(OCc2ccc3ccccc3c2)ccn1. The van der Waals surface area contributed by atoms with Crippen LogP contribution in [-0.4, -0.2) is 4.98 Å². The molecule has 0 saturated heterocycles. The fourth-order valence-corrected chi connectivity index (χ4v) is 2.31. The van der Waals surface area contributed by atoms with Crippen LogP contribution in [0.3, 0.4) is 0 Å². The minimum Gasteiger partial charge on any atom is -0.489 e. The maximum absolute atomic E-state index is 5.75. The van der Waals surface area contributed by atoms with Crippen molar-refractivity contribution in [3.05, 3.63) is 71.0 Å². The summed E-state index contributed by atoms with van der Waals surface area (Å²) >= 11 is 3.33. The Bertz CT molecular complexity index is 712. The first-order valence-electron chi connectivity index (χ1n) is 6.03. The molecule has 0 bridgehead atoms. The van der Waals surface area contributed by atoms with Crippen LogP contribution in [0.5, 0.6) is 5.75 Å². The standard InChI is InChI=1S/C16H12BrNO/c17-16-10-15(7-8-18-16)19-11-12-5-6-13-3-1-2-4-14(13)9-12/h1-10H,11H2. The van der Waals surface area contributed by atoms with Crippen LogP contribution in [0, 0.1) is 0 Å². The number of nitrogens with zero attached hydrogens (tertiary/aromatic N) is 1. The molecule has 0 unspecified atom stereocenters. The summed E-state index contributed by atoms with van der Waals surface area (Å²) in [4.78, 5) is 4.07. The van der Waals surface area contributed by atoms with Gasteiger partial charge < -0.3 is 4.74 Å². The van der Waals surface area contributed by atoms with Gasteiger partial charge in [-0.25, -0.2) is 4.98 Å². The van der Waals surface area contributed by atoms with E-state index in [-0.39, 0.29) is 0 Å². The van der Waals surface area contributed by atoms with E-state index in [0.717, 1.165) is 15.9 Å². The van der Waals surface area contributed by atoms with Gasteiger partial charge in [-0.2, -0.15) is 0 Å². The first-order valence-corrected chi connectivity index (χ1v) is 6.82. The molecule has 19 heavy (non-hydrogen) atoms. The molecule has 0 aliphatic rings. The third kappa shape index (κ3) is 2.93. The Morgan fingerprint density at radius 2 is 1.79 bits per heavy atom. The fourth-order valence-electron chi connectivity index (χ4n) is 1.97. The lowest BCUT2D eigenvalue weighted by Crippen LogP contribution is -1.95. The number of hydrogen-bond acceptors (Lipinski definition) is 2. The molecule has 0 radical (unpaired) electrons. The van der Waals surface area contributed by atoms with Crippen molar-refractivity contribution in [1.82, 2.24) is 4.98 Å². The first-order chi connectivity index (χ1) is 9.31. The molecular weight excluding hydrogens is 302 g/mol. The number of rotatable bonds is 3. The van der Waals surface area contributed by atoms with E-state index in [2.05, 4.69) is 51.2 Å². The predicted octanol–water partition coefficient (Wildman–Crippen LogP) is 4.58. The van der Waals surface area contributed by atoms with Gasteiger partial charge in [-0.1, -0.05) is 36.4 Å². The normalized spacial score (nSPS) is 10.6. The van der Waals surface area contributed by atoms with Crippen LogP contribution in [0.2, 0.25) is 0 Å². The lowest BCUT2D eigenvalue weighted by atomic mass is 10.1. The molecule has 0 aliphatic carbocycles. The Hall–Kier alpha value is -1.87. The lowest BCUT2D eigenvalue weighted by molar-refractivity contribution is 0.306. The highest BCUT2D eigenvalue weighted by molar-refractivity contribution is 9.10. The first kappa shape index (κ1) is 12.2. The van der Waals surface area contributed by atoms with Crippen molar-refractivity contribution in [2.75, 3.05) is 0 Å².